The lowest BCUT2D eigenvalue weighted by molar-refractivity contribution is -0.142. The number of hydrogen-bond donors (Lipinski definition) is 1. The van der Waals surface area contributed by atoms with Gasteiger partial charge < -0.3 is 14.7 Å². The molecule has 2 fully saturated rings. The highest BCUT2D eigenvalue weighted by Crippen LogP contribution is 2.36. The first kappa shape index (κ1) is 15.5. The van der Waals surface area contributed by atoms with Crippen LogP contribution < -0.4 is 0 Å². The van der Waals surface area contributed by atoms with Crippen LogP contribution in [0.1, 0.15) is 37.7 Å². The monoisotopic (exact) mass is 307 g/mol. The van der Waals surface area contributed by atoms with Gasteiger partial charge in [0.25, 0.3) is 0 Å². The van der Waals surface area contributed by atoms with E-state index in [0.717, 1.165) is 37.7 Å². The van der Waals surface area contributed by atoms with Crippen molar-refractivity contribution in [2.75, 3.05) is 13.7 Å². The van der Waals surface area contributed by atoms with E-state index in [-0.39, 0.29) is 24.5 Å². The van der Waals surface area contributed by atoms with E-state index in [2.05, 4.69) is 5.10 Å². The Morgan fingerprint density at radius 3 is 2.86 bits per heavy atom. The topological polar surface area (TPSA) is 67.6 Å². The molecule has 1 amide bonds. The van der Waals surface area contributed by atoms with Gasteiger partial charge in [-0.2, -0.15) is 5.10 Å². The van der Waals surface area contributed by atoms with E-state index in [1.54, 1.807) is 11.8 Å². The van der Waals surface area contributed by atoms with Crippen LogP contribution in [-0.4, -0.2) is 57.1 Å². The van der Waals surface area contributed by atoms with Gasteiger partial charge in [0.1, 0.15) is 0 Å². The molecule has 1 saturated carbocycles. The Bertz CT molecular complexity index is 538. The SMILES string of the molecule is CO[C@@H]1CCN(C(=O)CC2(O)CCC2)[C@H]1Cc1cnn(C)c1. The fourth-order valence-corrected chi connectivity index (χ4v) is 3.61. The lowest BCUT2D eigenvalue weighted by Gasteiger charge is -2.38. The van der Waals surface area contributed by atoms with Crippen LogP contribution in [0.2, 0.25) is 0 Å². The van der Waals surface area contributed by atoms with Crippen molar-refractivity contribution < 1.29 is 14.6 Å². The summed E-state index contributed by atoms with van der Waals surface area (Å²) >= 11 is 0. The molecule has 0 radical (unpaired) electrons. The number of rotatable bonds is 5. The second-order valence-corrected chi connectivity index (χ2v) is 6.70. The van der Waals surface area contributed by atoms with Crippen LogP contribution in [0.15, 0.2) is 12.4 Å². The summed E-state index contributed by atoms with van der Waals surface area (Å²) in [5, 5.41) is 14.4. The zero-order chi connectivity index (χ0) is 15.7. The largest absolute Gasteiger partial charge is 0.389 e. The van der Waals surface area contributed by atoms with E-state index < -0.39 is 5.60 Å². The number of ether oxygens (including phenoxy) is 1. The smallest absolute Gasteiger partial charge is 0.225 e. The molecule has 1 aliphatic carbocycles. The van der Waals surface area contributed by atoms with Gasteiger partial charge in [0.05, 0.1) is 30.4 Å². The molecule has 1 saturated heterocycles. The Balaban J connectivity index is 1.69. The Morgan fingerprint density at radius 1 is 1.55 bits per heavy atom. The van der Waals surface area contributed by atoms with Crippen molar-refractivity contribution in [1.29, 1.82) is 0 Å². The van der Waals surface area contributed by atoms with Crippen molar-refractivity contribution in [2.24, 2.45) is 7.05 Å². The maximum atomic E-state index is 12.6. The Labute approximate surface area is 131 Å². The Morgan fingerprint density at radius 2 is 2.32 bits per heavy atom. The molecule has 1 aromatic rings. The van der Waals surface area contributed by atoms with Gasteiger partial charge in [-0.15, -0.1) is 0 Å². The van der Waals surface area contributed by atoms with E-state index in [9.17, 15) is 9.90 Å². The van der Waals surface area contributed by atoms with Crippen molar-refractivity contribution in [3.8, 4) is 0 Å². The molecule has 6 heteroatoms. The predicted molar refractivity (Wildman–Crippen MR) is 81.2 cm³/mol. The molecule has 0 spiro atoms. The van der Waals surface area contributed by atoms with E-state index in [0.29, 0.717) is 6.54 Å². The third-order valence-electron chi connectivity index (χ3n) is 5.07. The van der Waals surface area contributed by atoms with Crippen LogP contribution in [0.5, 0.6) is 0 Å². The number of aryl methyl sites for hydroxylation is 1. The number of aliphatic hydroxyl groups is 1. The van der Waals surface area contributed by atoms with Crippen LogP contribution in [0.4, 0.5) is 0 Å². The molecule has 0 unspecified atom stereocenters. The third kappa shape index (κ3) is 3.03. The fourth-order valence-electron chi connectivity index (χ4n) is 3.61. The average molecular weight is 307 g/mol. The van der Waals surface area contributed by atoms with Crippen molar-refractivity contribution in [3.63, 3.8) is 0 Å². The first-order chi connectivity index (χ1) is 10.5. The fraction of sp³-hybridized carbons (Fsp3) is 0.750. The van der Waals surface area contributed by atoms with Gasteiger partial charge >= 0.3 is 0 Å². The second kappa shape index (κ2) is 6.01. The van der Waals surface area contributed by atoms with Crippen molar-refractivity contribution in [2.45, 2.75) is 56.3 Å². The third-order valence-corrected chi connectivity index (χ3v) is 5.07. The predicted octanol–water partition coefficient (Wildman–Crippen LogP) is 0.884. The summed E-state index contributed by atoms with van der Waals surface area (Å²) in [7, 11) is 3.59. The van der Waals surface area contributed by atoms with Crippen molar-refractivity contribution >= 4 is 5.91 Å². The Kier molecular flexibility index (Phi) is 4.23. The molecule has 1 aromatic heterocycles. The van der Waals surface area contributed by atoms with Gasteiger partial charge in [-0.1, -0.05) is 0 Å². The minimum absolute atomic E-state index is 0.0328. The number of likely N-dealkylation sites (tertiary alicyclic amines) is 1. The van der Waals surface area contributed by atoms with Crippen molar-refractivity contribution in [1.82, 2.24) is 14.7 Å². The highest BCUT2D eigenvalue weighted by atomic mass is 16.5. The van der Waals surface area contributed by atoms with Gasteiger partial charge in [-0.3, -0.25) is 9.48 Å². The molecule has 22 heavy (non-hydrogen) atoms. The molecule has 2 heterocycles. The average Bonchev–Trinajstić information content (AvgIpc) is 3.03. The normalized spacial score (nSPS) is 27.0. The molecular formula is C16H25N3O3. The molecule has 3 rings (SSSR count). The van der Waals surface area contributed by atoms with Crippen LogP contribution in [0.3, 0.4) is 0 Å². The molecule has 0 aromatic carbocycles. The molecule has 1 N–H and O–H groups in total. The van der Waals surface area contributed by atoms with E-state index in [4.69, 9.17) is 4.74 Å². The number of nitrogens with zero attached hydrogens (tertiary/aromatic N) is 3. The number of carbonyl (C=O) groups excluding carboxylic acids is 1. The molecule has 6 nitrogen and oxygen atoms in total. The van der Waals surface area contributed by atoms with E-state index in [1.165, 1.54) is 0 Å². The Hall–Kier alpha value is -1.40. The summed E-state index contributed by atoms with van der Waals surface area (Å²) in [5.74, 6) is 0.0515. The summed E-state index contributed by atoms with van der Waals surface area (Å²) < 4.78 is 7.34. The number of amides is 1. The summed E-state index contributed by atoms with van der Waals surface area (Å²) in [5.41, 5.74) is 0.345. The zero-order valence-corrected chi connectivity index (χ0v) is 13.4. The summed E-state index contributed by atoms with van der Waals surface area (Å²) in [6.45, 7) is 0.707. The van der Waals surface area contributed by atoms with Gasteiger partial charge in [0, 0.05) is 26.9 Å². The standard InChI is InChI=1S/C16H25N3O3/c1-18-11-12(10-17-18)8-13-14(22-2)4-7-19(13)15(20)9-16(21)5-3-6-16/h10-11,13-14,21H,3-9H2,1-2H3/t13-,14+/m0/s1. The maximum absolute atomic E-state index is 12.6. The van der Waals surface area contributed by atoms with Gasteiger partial charge in [-0.05, 0) is 37.7 Å². The van der Waals surface area contributed by atoms with E-state index in [1.807, 2.05) is 24.3 Å². The number of aromatic nitrogens is 2. The minimum Gasteiger partial charge on any atom is -0.389 e. The first-order valence-corrected chi connectivity index (χ1v) is 8.03. The molecule has 1 aliphatic heterocycles. The maximum Gasteiger partial charge on any atom is 0.225 e. The molecule has 2 atom stereocenters. The zero-order valence-electron chi connectivity index (χ0n) is 13.4. The number of methoxy groups -OCH3 is 1. The summed E-state index contributed by atoms with van der Waals surface area (Å²) in [6.07, 6.45) is 8.22. The quantitative estimate of drug-likeness (QED) is 0.877. The molecule has 122 valence electrons. The lowest BCUT2D eigenvalue weighted by Crippen LogP contribution is -2.47. The van der Waals surface area contributed by atoms with Gasteiger partial charge in [0.15, 0.2) is 0 Å². The van der Waals surface area contributed by atoms with Gasteiger partial charge in [0.2, 0.25) is 5.91 Å². The highest BCUT2D eigenvalue weighted by molar-refractivity contribution is 5.78. The van der Waals surface area contributed by atoms with Gasteiger partial charge in [-0.25, -0.2) is 0 Å². The molecular weight excluding hydrogens is 282 g/mol. The number of hydrogen-bond acceptors (Lipinski definition) is 4. The molecule has 2 aliphatic rings. The molecule has 0 bridgehead atoms. The summed E-state index contributed by atoms with van der Waals surface area (Å²) in [4.78, 5) is 14.5. The van der Waals surface area contributed by atoms with Crippen LogP contribution in [0, 0.1) is 0 Å². The van der Waals surface area contributed by atoms with Crippen molar-refractivity contribution in [3.05, 3.63) is 18.0 Å². The van der Waals surface area contributed by atoms with Crippen LogP contribution in [0.25, 0.3) is 0 Å². The first-order valence-electron chi connectivity index (χ1n) is 8.03. The highest BCUT2D eigenvalue weighted by Gasteiger charge is 2.42. The lowest BCUT2D eigenvalue weighted by atomic mass is 9.77. The summed E-state index contributed by atoms with van der Waals surface area (Å²) in [6, 6.07) is 0.0328. The van der Waals surface area contributed by atoms with E-state index >= 15 is 0 Å². The minimum atomic E-state index is -0.763. The van der Waals surface area contributed by atoms with Crippen LogP contribution >= 0.6 is 0 Å². The number of carbonyl (C=O) groups is 1. The van der Waals surface area contributed by atoms with Crippen LogP contribution in [-0.2, 0) is 23.0 Å². The second-order valence-electron chi connectivity index (χ2n) is 6.70.